The van der Waals surface area contributed by atoms with Crippen LogP contribution in [0.4, 0.5) is 0 Å². The molecule has 3 aliphatic rings. The van der Waals surface area contributed by atoms with Crippen LogP contribution in [-0.2, 0) is 12.8 Å². The lowest BCUT2D eigenvalue weighted by Crippen LogP contribution is -2.27. The lowest BCUT2D eigenvalue weighted by atomic mass is 9.90. The van der Waals surface area contributed by atoms with Crippen LogP contribution >= 0.6 is 0 Å². The second kappa shape index (κ2) is 7.76. The first-order valence-corrected chi connectivity index (χ1v) is 9.93. The molecule has 2 N–H and O–H groups in total. The minimum absolute atomic E-state index is 0.309. The van der Waals surface area contributed by atoms with E-state index in [1.54, 1.807) is 0 Å². The van der Waals surface area contributed by atoms with Crippen LogP contribution in [-0.4, -0.2) is 36.2 Å². The molecular formula is C22H30N2O. The fourth-order valence-corrected chi connectivity index (χ4v) is 4.33. The molecule has 3 heteroatoms. The van der Waals surface area contributed by atoms with Crippen LogP contribution in [0.25, 0.3) is 0 Å². The van der Waals surface area contributed by atoms with Crippen molar-refractivity contribution in [2.75, 3.05) is 26.2 Å². The molecule has 1 aromatic rings. The molecule has 0 aromatic heterocycles. The summed E-state index contributed by atoms with van der Waals surface area (Å²) in [5, 5.41) is 14.1. The van der Waals surface area contributed by atoms with Crippen LogP contribution < -0.4 is 5.32 Å². The zero-order valence-electron chi connectivity index (χ0n) is 15.1. The van der Waals surface area contributed by atoms with Crippen molar-refractivity contribution >= 4 is 0 Å². The van der Waals surface area contributed by atoms with E-state index in [0.29, 0.717) is 0 Å². The Kier molecular flexibility index (Phi) is 5.23. The zero-order valence-corrected chi connectivity index (χ0v) is 15.1. The van der Waals surface area contributed by atoms with Crippen molar-refractivity contribution in [2.45, 2.75) is 44.6 Å². The Labute approximate surface area is 151 Å². The molecule has 1 atom stereocenters. The summed E-state index contributed by atoms with van der Waals surface area (Å²) < 4.78 is 0. The first-order valence-electron chi connectivity index (χ1n) is 9.93. The van der Waals surface area contributed by atoms with Crippen LogP contribution in [0.2, 0.25) is 0 Å². The normalized spacial score (nSPS) is 22.0. The van der Waals surface area contributed by atoms with E-state index >= 15 is 0 Å². The number of aliphatic hydroxyl groups excluding tert-OH is 1. The molecule has 0 amide bonds. The molecule has 0 radical (unpaired) electrons. The summed E-state index contributed by atoms with van der Waals surface area (Å²) in [6, 6.07) is 6.69. The molecule has 3 nitrogen and oxygen atoms in total. The molecule has 25 heavy (non-hydrogen) atoms. The van der Waals surface area contributed by atoms with Crippen molar-refractivity contribution < 1.29 is 5.11 Å². The summed E-state index contributed by atoms with van der Waals surface area (Å²) in [5.74, 6) is 0.786. The topological polar surface area (TPSA) is 35.5 Å². The first-order chi connectivity index (χ1) is 12.3. The highest BCUT2D eigenvalue weighted by Crippen LogP contribution is 2.28. The summed E-state index contributed by atoms with van der Waals surface area (Å²) in [4.78, 5) is 2.48. The van der Waals surface area contributed by atoms with Gasteiger partial charge in [0.25, 0.3) is 0 Å². The molecule has 1 unspecified atom stereocenters. The molecule has 0 bridgehead atoms. The standard InChI is InChI=1S/C22H30N2O/c25-22(7-4-17-8-12-23-13-9-17)20-6-5-18-10-14-24(21-2-1-3-21)15-11-19(18)16-20/h1-3,5-6,16-17,22-23,25H,4,7-15H2. The number of hydrogen-bond donors (Lipinski definition) is 2. The van der Waals surface area contributed by atoms with Crippen LogP contribution in [0.15, 0.2) is 42.1 Å². The summed E-state index contributed by atoms with van der Waals surface area (Å²) in [5.41, 5.74) is 5.38. The zero-order chi connectivity index (χ0) is 17.1. The van der Waals surface area contributed by atoms with Crippen molar-refractivity contribution in [1.29, 1.82) is 0 Å². The van der Waals surface area contributed by atoms with Gasteiger partial charge in [-0.25, -0.2) is 0 Å². The Hall–Kier alpha value is -1.58. The largest absolute Gasteiger partial charge is 0.388 e. The Bertz CT molecular complexity index is 658. The number of fused-ring (bicyclic) bond motifs is 1. The van der Waals surface area contributed by atoms with Gasteiger partial charge in [-0.05, 0) is 86.4 Å². The van der Waals surface area contributed by atoms with Crippen LogP contribution in [0, 0.1) is 5.92 Å². The Morgan fingerprint density at radius 1 is 1.12 bits per heavy atom. The lowest BCUT2D eigenvalue weighted by Gasteiger charge is -2.26. The Morgan fingerprint density at radius 3 is 2.60 bits per heavy atom. The van der Waals surface area contributed by atoms with Crippen molar-refractivity contribution in [3.8, 4) is 0 Å². The number of aliphatic hydroxyl groups is 1. The minimum atomic E-state index is -0.309. The van der Waals surface area contributed by atoms with Gasteiger partial charge in [-0.3, -0.25) is 0 Å². The van der Waals surface area contributed by atoms with Gasteiger partial charge in [-0.1, -0.05) is 24.3 Å². The van der Waals surface area contributed by atoms with Crippen molar-refractivity contribution in [3.05, 3.63) is 58.8 Å². The van der Waals surface area contributed by atoms with Gasteiger partial charge < -0.3 is 15.3 Å². The number of allylic oxidation sites excluding steroid dienone is 3. The van der Waals surface area contributed by atoms with Gasteiger partial charge in [0, 0.05) is 18.8 Å². The maximum Gasteiger partial charge on any atom is 0.0790 e. The van der Waals surface area contributed by atoms with E-state index in [9.17, 15) is 5.11 Å². The highest BCUT2D eigenvalue weighted by Gasteiger charge is 2.19. The van der Waals surface area contributed by atoms with Gasteiger partial charge in [0.05, 0.1) is 6.10 Å². The third kappa shape index (κ3) is 3.99. The molecular weight excluding hydrogens is 308 g/mol. The Balaban J connectivity index is 1.36. The number of benzene rings is 1. The van der Waals surface area contributed by atoms with E-state index in [-0.39, 0.29) is 6.10 Å². The summed E-state index contributed by atoms with van der Waals surface area (Å²) in [6.45, 7) is 4.46. The third-order valence-electron chi connectivity index (χ3n) is 6.12. The molecule has 134 valence electrons. The average Bonchev–Trinajstić information content (AvgIpc) is 2.81. The summed E-state index contributed by atoms with van der Waals surface area (Å²) in [6.07, 6.45) is 13.0. The molecule has 1 aliphatic carbocycles. The molecule has 2 aliphatic heterocycles. The van der Waals surface area contributed by atoms with Gasteiger partial charge >= 0.3 is 0 Å². The lowest BCUT2D eigenvalue weighted by molar-refractivity contribution is 0.152. The van der Waals surface area contributed by atoms with Gasteiger partial charge in [-0.2, -0.15) is 0 Å². The van der Waals surface area contributed by atoms with Gasteiger partial charge in [0.15, 0.2) is 0 Å². The molecule has 1 aromatic carbocycles. The predicted octanol–water partition coefficient (Wildman–Crippen LogP) is 3.35. The van der Waals surface area contributed by atoms with Crippen LogP contribution in [0.1, 0.15) is 48.5 Å². The van der Waals surface area contributed by atoms with Crippen LogP contribution in [0.3, 0.4) is 0 Å². The average molecular weight is 338 g/mol. The summed E-state index contributed by atoms with van der Waals surface area (Å²) >= 11 is 0. The second-order valence-electron chi connectivity index (χ2n) is 7.75. The number of piperidine rings is 1. The fraction of sp³-hybridized carbons (Fsp3) is 0.545. The molecule has 4 rings (SSSR count). The number of rotatable bonds is 5. The molecule has 0 saturated carbocycles. The minimum Gasteiger partial charge on any atom is -0.388 e. The Morgan fingerprint density at radius 2 is 1.88 bits per heavy atom. The first kappa shape index (κ1) is 16.9. The van der Waals surface area contributed by atoms with Crippen molar-refractivity contribution in [1.82, 2.24) is 10.2 Å². The summed E-state index contributed by atoms with van der Waals surface area (Å²) in [7, 11) is 0. The molecule has 1 saturated heterocycles. The molecule has 2 heterocycles. The van der Waals surface area contributed by atoms with E-state index in [1.807, 2.05) is 0 Å². The van der Waals surface area contributed by atoms with E-state index in [4.69, 9.17) is 0 Å². The maximum atomic E-state index is 10.7. The fourth-order valence-electron chi connectivity index (χ4n) is 4.33. The van der Waals surface area contributed by atoms with Gasteiger partial charge in [0.1, 0.15) is 0 Å². The smallest absolute Gasteiger partial charge is 0.0790 e. The van der Waals surface area contributed by atoms with E-state index in [0.717, 1.165) is 63.3 Å². The SMILES string of the molecule is OC(CCC1CCNCC1)c1ccc2c(c1)CCN(C1=CC=C1)CC2. The third-order valence-corrected chi connectivity index (χ3v) is 6.12. The maximum absolute atomic E-state index is 10.7. The quantitative estimate of drug-likeness (QED) is 0.864. The van der Waals surface area contributed by atoms with E-state index < -0.39 is 0 Å². The van der Waals surface area contributed by atoms with E-state index in [2.05, 4.69) is 46.6 Å². The highest BCUT2D eigenvalue weighted by molar-refractivity contribution is 5.37. The number of nitrogens with zero attached hydrogens (tertiary/aromatic N) is 1. The van der Waals surface area contributed by atoms with Gasteiger partial charge in [-0.15, -0.1) is 0 Å². The number of nitrogens with one attached hydrogen (secondary N) is 1. The monoisotopic (exact) mass is 338 g/mol. The van der Waals surface area contributed by atoms with Crippen molar-refractivity contribution in [2.24, 2.45) is 5.92 Å². The second-order valence-corrected chi connectivity index (χ2v) is 7.75. The van der Waals surface area contributed by atoms with Crippen LogP contribution in [0.5, 0.6) is 0 Å². The predicted molar refractivity (Wildman–Crippen MR) is 102 cm³/mol. The highest BCUT2D eigenvalue weighted by atomic mass is 16.3. The number of hydrogen-bond acceptors (Lipinski definition) is 3. The van der Waals surface area contributed by atoms with Gasteiger partial charge in [0.2, 0.25) is 0 Å². The van der Waals surface area contributed by atoms with Crippen molar-refractivity contribution in [3.63, 3.8) is 0 Å². The molecule has 0 spiro atoms. The van der Waals surface area contributed by atoms with E-state index in [1.165, 1.54) is 29.7 Å². The molecule has 1 fully saturated rings.